The van der Waals surface area contributed by atoms with Crippen molar-refractivity contribution >= 4 is 34.9 Å². The number of hydrogen-bond donors (Lipinski definition) is 2. The molecule has 0 radical (unpaired) electrons. The molecule has 1 aromatic carbocycles. The lowest BCUT2D eigenvalue weighted by molar-refractivity contribution is 0.136. The Morgan fingerprint density at radius 2 is 1.94 bits per heavy atom. The van der Waals surface area contributed by atoms with Crippen LogP contribution in [-0.4, -0.2) is 16.9 Å². The molecular formula is C12H20ClNOP2. The largest absolute Gasteiger partial charge is 0.392 e. The minimum Gasteiger partial charge on any atom is -0.392 e. The summed E-state index contributed by atoms with van der Waals surface area (Å²) in [6, 6.07) is 7.68. The van der Waals surface area contributed by atoms with E-state index in [9.17, 15) is 5.11 Å². The standard InChI is InChI=1S/C6H6ClP.C6H14NOP/c7-5-3-1-2-4-6(5)8;7-9-6-4-2-1-3-5(6)8/h1-4H,8H2;5-6,8-9H,1-4,7H2. The van der Waals surface area contributed by atoms with Gasteiger partial charge in [-0.05, 0) is 24.2 Å². The number of hydrogen-bond acceptors (Lipinski definition) is 2. The van der Waals surface area contributed by atoms with E-state index in [2.05, 4.69) is 9.24 Å². The van der Waals surface area contributed by atoms with Crippen LogP contribution in [-0.2, 0) is 0 Å². The summed E-state index contributed by atoms with van der Waals surface area (Å²) in [7, 11) is 2.99. The molecule has 3 N–H and O–H groups in total. The molecule has 1 fully saturated rings. The van der Waals surface area contributed by atoms with Gasteiger partial charge in [0.05, 0.1) is 6.10 Å². The van der Waals surface area contributed by atoms with Gasteiger partial charge in [0, 0.05) is 10.7 Å². The quantitative estimate of drug-likeness (QED) is 0.782. The van der Waals surface area contributed by atoms with E-state index in [1.807, 2.05) is 24.3 Å². The van der Waals surface area contributed by atoms with Gasteiger partial charge in [0.15, 0.2) is 0 Å². The van der Waals surface area contributed by atoms with Crippen LogP contribution in [0.4, 0.5) is 0 Å². The summed E-state index contributed by atoms with van der Waals surface area (Å²) >= 11 is 5.69. The van der Waals surface area contributed by atoms with E-state index in [-0.39, 0.29) is 6.10 Å². The Balaban J connectivity index is 0.000000171. The first-order valence-electron chi connectivity index (χ1n) is 5.79. The molecule has 0 aromatic heterocycles. The highest BCUT2D eigenvalue weighted by atomic mass is 35.5. The summed E-state index contributed by atoms with van der Waals surface area (Å²) in [6.45, 7) is 0. The van der Waals surface area contributed by atoms with Gasteiger partial charge in [-0.3, -0.25) is 0 Å². The zero-order chi connectivity index (χ0) is 12.7. The highest BCUT2D eigenvalue weighted by Gasteiger charge is 2.20. The summed E-state index contributed by atoms with van der Waals surface area (Å²) in [4.78, 5) is 0. The Morgan fingerprint density at radius 3 is 2.35 bits per heavy atom. The van der Waals surface area contributed by atoms with Crippen molar-refractivity contribution in [3.05, 3.63) is 29.3 Å². The van der Waals surface area contributed by atoms with E-state index >= 15 is 0 Å². The fourth-order valence-corrected chi connectivity index (χ4v) is 2.88. The molecule has 4 unspecified atom stereocenters. The third-order valence-electron chi connectivity index (χ3n) is 2.85. The van der Waals surface area contributed by atoms with Crippen molar-refractivity contribution < 1.29 is 5.11 Å². The van der Waals surface area contributed by atoms with Crippen LogP contribution in [0.2, 0.25) is 5.02 Å². The lowest BCUT2D eigenvalue weighted by Crippen LogP contribution is -2.26. The van der Waals surface area contributed by atoms with E-state index in [0.29, 0.717) is 14.4 Å². The van der Waals surface area contributed by atoms with E-state index in [4.69, 9.17) is 17.1 Å². The SMILES string of the molecule is NPC1CCCCC1O.Pc1ccccc1Cl. The van der Waals surface area contributed by atoms with Gasteiger partial charge in [-0.15, -0.1) is 9.24 Å². The Morgan fingerprint density at radius 1 is 1.29 bits per heavy atom. The molecule has 2 nitrogen and oxygen atoms in total. The van der Waals surface area contributed by atoms with E-state index in [1.165, 1.54) is 12.8 Å². The van der Waals surface area contributed by atoms with Gasteiger partial charge >= 0.3 is 0 Å². The molecule has 2 rings (SSSR count). The molecule has 0 bridgehead atoms. The van der Waals surface area contributed by atoms with Crippen LogP contribution in [0, 0.1) is 0 Å². The summed E-state index contributed by atoms with van der Waals surface area (Å²) in [5.41, 5.74) is 5.88. The van der Waals surface area contributed by atoms with Crippen LogP contribution in [0.25, 0.3) is 0 Å². The van der Waals surface area contributed by atoms with Gasteiger partial charge < -0.3 is 10.6 Å². The monoisotopic (exact) mass is 291 g/mol. The minimum absolute atomic E-state index is 0.0953. The second-order valence-electron chi connectivity index (χ2n) is 4.15. The molecule has 0 heterocycles. The average Bonchev–Trinajstić information content (AvgIpc) is 2.34. The smallest absolute Gasteiger partial charge is 0.0616 e. The summed E-state index contributed by atoms with van der Waals surface area (Å²) in [5, 5.41) is 11.1. The topological polar surface area (TPSA) is 46.2 Å². The van der Waals surface area contributed by atoms with E-state index in [0.717, 1.165) is 23.2 Å². The van der Waals surface area contributed by atoms with Crippen LogP contribution >= 0.6 is 29.6 Å². The zero-order valence-corrected chi connectivity index (χ0v) is 12.7. The van der Waals surface area contributed by atoms with E-state index in [1.54, 1.807) is 0 Å². The van der Waals surface area contributed by atoms with Gasteiger partial charge in [-0.2, -0.15) is 0 Å². The molecule has 17 heavy (non-hydrogen) atoms. The Labute approximate surface area is 112 Å². The Hall–Kier alpha value is 0.290. The van der Waals surface area contributed by atoms with Crippen molar-refractivity contribution in [2.24, 2.45) is 5.50 Å². The zero-order valence-electron chi connectivity index (χ0n) is 9.77. The maximum atomic E-state index is 9.30. The van der Waals surface area contributed by atoms with Crippen molar-refractivity contribution in [1.29, 1.82) is 0 Å². The summed E-state index contributed by atoms with van der Waals surface area (Å²) < 4.78 is 0. The third kappa shape index (κ3) is 5.64. The van der Waals surface area contributed by atoms with Crippen LogP contribution < -0.4 is 10.8 Å². The van der Waals surface area contributed by atoms with Crippen molar-refractivity contribution in [2.75, 3.05) is 0 Å². The van der Waals surface area contributed by atoms with Crippen LogP contribution in [0.3, 0.4) is 0 Å². The third-order valence-corrected chi connectivity index (χ3v) is 4.98. The highest BCUT2D eigenvalue weighted by molar-refractivity contribution is 7.36. The molecule has 1 aliphatic rings. The van der Waals surface area contributed by atoms with Crippen molar-refractivity contribution in [2.45, 2.75) is 37.4 Å². The number of halogens is 1. The van der Waals surface area contributed by atoms with Crippen LogP contribution in [0.15, 0.2) is 24.3 Å². The van der Waals surface area contributed by atoms with Crippen molar-refractivity contribution in [1.82, 2.24) is 0 Å². The number of nitrogens with two attached hydrogens (primary N) is 1. The van der Waals surface area contributed by atoms with Gasteiger partial charge in [-0.1, -0.05) is 51.4 Å². The fourth-order valence-electron chi connectivity index (χ4n) is 1.78. The maximum absolute atomic E-state index is 9.30. The molecule has 1 saturated carbocycles. The van der Waals surface area contributed by atoms with Crippen LogP contribution in [0.1, 0.15) is 25.7 Å². The second-order valence-corrected chi connectivity index (χ2v) is 6.25. The molecular weight excluding hydrogens is 272 g/mol. The van der Waals surface area contributed by atoms with Gasteiger partial charge in [0.2, 0.25) is 0 Å². The molecule has 4 atom stereocenters. The molecule has 0 aliphatic heterocycles. The molecule has 0 saturated heterocycles. The molecule has 0 amide bonds. The number of rotatable bonds is 1. The summed E-state index contributed by atoms with van der Waals surface area (Å²) in [5.74, 6) is 0. The molecule has 1 aromatic rings. The minimum atomic E-state index is -0.0953. The highest BCUT2D eigenvalue weighted by Crippen LogP contribution is 2.28. The van der Waals surface area contributed by atoms with Crippen LogP contribution in [0.5, 0.6) is 0 Å². The number of aliphatic hydroxyl groups is 1. The first-order valence-corrected chi connectivity index (χ1v) is 7.90. The van der Waals surface area contributed by atoms with Crippen molar-refractivity contribution in [3.63, 3.8) is 0 Å². The normalized spacial score (nSPS) is 24.5. The van der Waals surface area contributed by atoms with E-state index < -0.39 is 0 Å². The maximum Gasteiger partial charge on any atom is 0.0616 e. The lowest BCUT2D eigenvalue weighted by Gasteiger charge is -2.25. The summed E-state index contributed by atoms with van der Waals surface area (Å²) in [6.07, 6.45) is 4.45. The van der Waals surface area contributed by atoms with Gasteiger partial charge in [-0.25, -0.2) is 0 Å². The molecule has 5 heteroatoms. The Bertz CT molecular complexity index is 317. The average molecular weight is 292 g/mol. The Kier molecular flexibility index (Phi) is 7.59. The second kappa shape index (κ2) is 8.40. The molecule has 0 spiro atoms. The number of benzene rings is 1. The predicted octanol–water partition coefficient (Wildman–Crippen LogP) is 2.68. The molecule has 96 valence electrons. The van der Waals surface area contributed by atoms with Crippen molar-refractivity contribution in [3.8, 4) is 0 Å². The predicted molar refractivity (Wildman–Crippen MR) is 81.6 cm³/mol. The van der Waals surface area contributed by atoms with Gasteiger partial charge in [0.25, 0.3) is 0 Å². The molecule has 1 aliphatic carbocycles. The van der Waals surface area contributed by atoms with Gasteiger partial charge in [0.1, 0.15) is 0 Å². The lowest BCUT2D eigenvalue weighted by atomic mass is 9.97. The first kappa shape index (κ1) is 15.3. The number of aliphatic hydroxyl groups excluding tert-OH is 1. The fraction of sp³-hybridized carbons (Fsp3) is 0.500. The first-order chi connectivity index (χ1) is 8.15.